The van der Waals surface area contributed by atoms with Gasteiger partial charge in [0.15, 0.2) is 5.16 Å². The summed E-state index contributed by atoms with van der Waals surface area (Å²) in [5, 5.41) is 9.56. The molecule has 1 aromatic heterocycles. The molecule has 0 atom stereocenters. The van der Waals surface area contributed by atoms with E-state index < -0.39 is 0 Å². The van der Waals surface area contributed by atoms with Crippen LogP contribution in [0.1, 0.15) is 5.69 Å². The summed E-state index contributed by atoms with van der Waals surface area (Å²) >= 11 is 13.9. The SMILES string of the molecule is NC(N)=N/N=C/c1c(-c2ccc(Cl)cc2Cl)nc2n1CCS2. The van der Waals surface area contributed by atoms with Gasteiger partial charge in [-0.05, 0) is 18.2 Å². The molecular formula is C13H12Cl2N6S. The van der Waals surface area contributed by atoms with Crippen molar-refractivity contribution in [3.63, 3.8) is 0 Å². The maximum Gasteiger partial charge on any atom is 0.211 e. The predicted octanol–water partition coefficient (Wildman–Crippen LogP) is 2.57. The van der Waals surface area contributed by atoms with Crippen molar-refractivity contribution in [3.05, 3.63) is 33.9 Å². The molecule has 2 heterocycles. The van der Waals surface area contributed by atoms with Gasteiger partial charge in [0.25, 0.3) is 0 Å². The van der Waals surface area contributed by atoms with Crippen LogP contribution in [0.3, 0.4) is 0 Å². The van der Waals surface area contributed by atoms with E-state index in [-0.39, 0.29) is 5.96 Å². The molecule has 0 amide bonds. The number of guanidine groups is 1. The van der Waals surface area contributed by atoms with Gasteiger partial charge in [-0.2, -0.15) is 5.10 Å². The molecular weight excluding hydrogens is 343 g/mol. The number of nitrogens with two attached hydrogens (primary N) is 2. The zero-order chi connectivity index (χ0) is 15.7. The third-order valence-corrected chi connectivity index (χ3v) is 4.56. The third-order valence-electron chi connectivity index (χ3n) is 3.06. The van der Waals surface area contributed by atoms with E-state index in [1.165, 1.54) is 0 Å². The van der Waals surface area contributed by atoms with Crippen molar-refractivity contribution < 1.29 is 0 Å². The van der Waals surface area contributed by atoms with Gasteiger partial charge in [-0.15, -0.1) is 5.10 Å². The number of imidazole rings is 1. The summed E-state index contributed by atoms with van der Waals surface area (Å²) in [5.74, 6) is 0.873. The first-order chi connectivity index (χ1) is 10.6. The number of hydrogen-bond donors (Lipinski definition) is 2. The van der Waals surface area contributed by atoms with Gasteiger partial charge in [0, 0.05) is 22.9 Å². The van der Waals surface area contributed by atoms with Crippen LogP contribution in [-0.4, -0.2) is 27.5 Å². The zero-order valence-corrected chi connectivity index (χ0v) is 13.7. The predicted molar refractivity (Wildman–Crippen MR) is 91.8 cm³/mol. The van der Waals surface area contributed by atoms with Crippen LogP contribution in [0.5, 0.6) is 0 Å². The molecule has 9 heteroatoms. The van der Waals surface area contributed by atoms with Crippen molar-refractivity contribution in [2.75, 3.05) is 5.75 Å². The van der Waals surface area contributed by atoms with Gasteiger partial charge in [0.1, 0.15) is 5.69 Å². The zero-order valence-electron chi connectivity index (χ0n) is 11.3. The van der Waals surface area contributed by atoms with Crippen molar-refractivity contribution in [3.8, 4) is 11.3 Å². The number of nitrogens with zero attached hydrogens (tertiary/aromatic N) is 4. The summed E-state index contributed by atoms with van der Waals surface area (Å²) in [5.41, 5.74) is 12.9. The van der Waals surface area contributed by atoms with Gasteiger partial charge in [0.05, 0.1) is 16.9 Å². The Balaban J connectivity index is 2.11. The van der Waals surface area contributed by atoms with E-state index in [2.05, 4.69) is 19.8 Å². The average Bonchev–Trinajstić information content (AvgIpc) is 3.01. The monoisotopic (exact) mass is 354 g/mol. The molecule has 0 aliphatic carbocycles. The van der Waals surface area contributed by atoms with Gasteiger partial charge in [0.2, 0.25) is 5.96 Å². The van der Waals surface area contributed by atoms with Crippen LogP contribution >= 0.6 is 35.0 Å². The summed E-state index contributed by atoms with van der Waals surface area (Å²) < 4.78 is 2.07. The number of rotatable bonds is 3. The molecule has 0 saturated carbocycles. The second-order valence-corrected chi connectivity index (χ2v) is 6.43. The Labute approximate surface area is 141 Å². The number of hydrogen-bond acceptors (Lipinski definition) is 4. The first kappa shape index (κ1) is 15.2. The lowest BCUT2D eigenvalue weighted by molar-refractivity contribution is 0.715. The molecule has 3 rings (SSSR count). The number of halogens is 2. The fourth-order valence-electron chi connectivity index (χ4n) is 2.16. The first-order valence-corrected chi connectivity index (χ1v) is 8.11. The quantitative estimate of drug-likeness (QED) is 0.503. The Kier molecular flexibility index (Phi) is 4.28. The number of aromatic nitrogens is 2. The molecule has 2 aromatic rings. The van der Waals surface area contributed by atoms with Crippen molar-refractivity contribution >= 4 is 47.1 Å². The lowest BCUT2D eigenvalue weighted by Gasteiger charge is -2.05. The van der Waals surface area contributed by atoms with E-state index in [1.807, 2.05) is 6.07 Å². The van der Waals surface area contributed by atoms with E-state index in [4.69, 9.17) is 34.7 Å². The molecule has 1 aliphatic rings. The number of benzene rings is 1. The molecule has 6 nitrogen and oxygen atoms in total. The molecule has 0 radical (unpaired) electrons. The molecule has 1 aromatic carbocycles. The molecule has 1 aliphatic heterocycles. The van der Waals surface area contributed by atoms with E-state index in [1.54, 1.807) is 30.1 Å². The minimum absolute atomic E-state index is 0.0992. The molecule has 22 heavy (non-hydrogen) atoms. The summed E-state index contributed by atoms with van der Waals surface area (Å²) in [4.78, 5) is 4.65. The highest BCUT2D eigenvalue weighted by Gasteiger charge is 2.22. The molecule has 114 valence electrons. The maximum absolute atomic E-state index is 6.29. The lowest BCUT2D eigenvalue weighted by Crippen LogP contribution is -2.21. The number of fused-ring (bicyclic) bond motifs is 1. The number of thioether (sulfide) groups is 1. The van der Waals surface area contributed by atoms with E-state index >= 15 is 0 Å². The van der Waals surface area contributed by atoms with E-state index in [0.29, 0.717) is 10.0 Å². The summed E-state index contributed by atoms with van der Waals surface area (Å²) in [7, 11) is 0. The summed E-state index contributed by atoms with van der Waals surface area (Å²) in [6.45, 7) is 0.849. The van der Waals surface area contributed by atoms with Crippen molar-refractivity contribution in [1.29, 1.82) is 0 Å². The van der Waals surface area contributed by atoms with Gasteiger partial charge in [-0.1, -0.05) is 35.0 Å². The molecule has 0 unspecified atom stereocenters. The Morgan fingerprint density at radius 1 is 1.36 bits per heavy atom. The van der Waals surface area contributed by atoms with Crippen LogP contribution in [-0.2, 0) is 6.54 Å². The largest absolute Gasteiger partial charge is 0.369 e. The van der Waals surface area contributed by atoms with Crippen molar-refractivity contribution in [1.82, 2.24) is 9.55 Å². The second kappa shape index (κ2) is 6.20. The Bertz CT molecular complexity index is 779. The molecule has 4 N–H and O–H groups in total. The van der Waals surface area contributed by atoms with E-state index in [0.717, 1.165) is 34.4 Å². The van der Waals surface area contributed by atoms with Gasteiger partial charge in [-0.3, -0.25) is 0 Å². The van der Waals surface area contributed by atoms with Gasteiger partial charge in [-0.25, -0.2) is 4.98 Å². The second-order valence-electron chi connectivity index (χ2n) is 4.52. The van der Waals surface area contributed by atoms with Crippen LogP contribution in [0.25, 0.3) is 11.3 Å². The fourth-order valence-corrected chi connectivity index (χ4v) is 3.62. The highest BCUT2D eigenvalue weighted by Crippen LogP contribution is 2.36. The first-order valence-electron chi connectivity index (χ1n) is 6.37. The average molecular weight is 355 g/mol. The fraction of sp³-hybridized carbons (Fsp3) is 0.154. The lowest BCUT2D eigenvalue weighted by atomic mass is 10.1. The van der Waals surface area contributed by atoms with Crippen LogP contribution in [0.2, 0.25) is 10.0 Å². The minimum atomic E-state index is -0.0992. The molecule has 0 fully saturated rings. The maximum atomic E-state index is 6.29. The smallest absolute Gasteiger partial charge is 0.211 e. The molecule has 0 bridgehead atoms. The van der Waals surface area contributed by atoms with Crippen LogP contribution < -0.4 is 11.5 Å². The Morgan fingerprint density at radius 2 is 2.18 bits per heavy atom. The normalized spacial score (nSPS) is 13.5. The Hall–Kier alpha value is -1.70. The Morgan fingerprint density at radius 3 is 2.91 bits per heavy atom. The summed E-state index contributed by atoms with van der Waals surface area (Å²) in [6, 6.07) is 5.30. The summed E-state index contributed by atoms with van der Waals surface area (Å²) in [6.07, 6.45) is 1.59. The standard InChI is InChI=1S/C13H12Cl2N6S/c14-7-1-2-8(9(15)5-7)11-10(6-18-20-12(16)17)21-3-4-22-13(21)19-11/h1-2,5-6H,3-4H2,(H4,16,17,20)/b18-6+. The van der Waals surface area contributed by atoms with Crippen molar-refractivity contribution in [2.24, 2.45) is 21.7 Å². The van der Waals surface area contributed by atoms with Crippen LogP contribution in [0.4, 0.5) is 0 Å². The minimum Gasteiger partial charge on any atom is -0.369 e. The highest BCUT2D eigenvalue weighted by atomic mass is 35.5. The van der Waals surface area contributed by atoms with Crippen LogP contribution in [0.15, 0.2) is 33.6 Å². The highest BCUT2D eigenvalue weighted by molar-refractivity contribution is 7.99. The third kappa shape index (κ3) is 2.92. The van der Waals surface area contributed by atoms with E-state index in [9.17, 15) is 0 Å². The molecule has 0 spiro atoms. The molecule has 0 saturated heterocycles. The van der Waals surface area contributed by atoms with Gasteiger partial charge < -0.3 is 16.0 Å². The van der Waals surface area contributed by atoms with Crippen molar-refractivity contribution in [2.45, 2.75) is 11.7 Å². The van der Waals surface area contributed by atoms with Crippen LogP contribution in [0, 0.1) is 0 Å². The van der Waals surface area contributed by atoms with Gasteiger partial charge >= 0.3 is 0 Å². The topological polar surface area (TPSA) is 94.6 Å².